The van der Waals surface area contributed by atoms with E-state index in [1.807, 2.05) is 54.6 Å². The minimum atomic E-state index is -0.556. The molecule has 0 aliphatic heterocycles. The highest BCUT2D eigenvalue weighted by Gasteiger charge is 2.15. The highest BCUT2D eigenvalue weighted by atomic mass is 16.5. The van der Waals surface area contributed by atoms with Crippen LogP contribution in [0.15, 0.2) is 54.6 Å². The average molecular weight is 328 g/mol. The summed E-state index contributed by atoms with van der Waals surface area (Å²) < 4.78 is 10.8. The largest absolute Gasteiger partial charge is 0.497 e. The van der Waals surface area contributed by atoms with Crippen molar-refractivity contribution in [1.82, 2.24) is 5.32 Å². The van der Waals surface area contributed by atoms with Crippen molar-refractivity contribution in [2.24, 2.45) is 5.73 Å². The maximum atomic E-state index is 12.1. The number of carbonyl (C=O) groups is 1. The van der Waals surface area contributed by atoms with Gasteiger partial charge in [-0.05, 0) is 30.2 Å². The van der Waals surface area contributed by atoms with Gasteiger partial charge in [0.15, 0.2) is 0 Å². The topological polar surface area (TPSA) is 73.6 Å². The minimum Gasteiger partial charge on any atom is -0.497 e. The molecular formula is C19H24N2O3. The van der Waals surface area contributed by atoms with Crippen LogP contribution in [0.25, 0.3) is 0 Å². The third-order valence-electron chi connectivity index (χ3n) is 3.73. The summed E-state index contributed by atoms with van der Waals surface area (Å²) in [6, 6.07) is 17.0. The number of carbonyl (C=O) groups excluding carboxylic acids is 1. The lowest BCUT2D eigenvalue weighted by Crippen LogP contribution is -2.38. The molecule has 0 aliphatic carbocycles. The second kappa shape index (κ2) is 9.05. The number of hydrogen-bond acceptors (Lipinski definition) is 4. The lowest BCUT2D eigenvalue weighted by atomic mass is 10.1. The van der Waals surface area contributed by atoms with Gasteiger partial charge in [0.1, 0.15) is 11.9 Å². The van der Waals surface area contributed by atoms with E-state index in [-0.39, 0.29) is 11.9 Å². The Labute approximate surface area is 142 Å². The molecule has 0 aliphatic rings. The predicted molar refractivity (Wildman–Crippen MR) is 93.6 cm³/mol. The third-order valence-corrected chi connectivity index (χ3v) is 3.73. The molecule has 2 aromatic carbocycles. The summed E-state index contributed by atoms with van der Waals surface area (Å²) in [5.74, 6) is 0.589. The molecule has 0 saturated heterocycles. The number of hydrogen-bond donors (Lipinski definition) is 2. The molecule has 0 aromatic heterocycles. The number of rotatable bonds is 8. The van der Waals surface area contributed by atoms with Gasteiger partial charge in [-0.2, -0.15) is 0 Å². The van der Waals surface area contributed by atoms with E-state index in [0.29, 0.717) is 13.2 Å². The van der Waals surface area contributed by atoms with Crippen LogP contribution in [-0.4, -0.2) is 25.7 Å². The number of nitrogens with two attached hydrogens (primary N) is 1. The van der Waals surface area contributed by atoms with Crippen LogP contribution in [-0.2, 0) is 16.1 Å². The number of benzene rings is 2. The van der Waals surface area contributed by atoms with E-state index in [1.165, 1.54) is 0 Å². The van der Waals surface area contributed by atoms with Crippen molar-refractivity contribution in [2.75, 3.05) is 13.7 Å². The van der Waals surface area contributed by atoms with E-state index in [9.17, 15) is 4.79 Å². The molecule has 5 heteroatoms. The maximum Gasteiger partial charge on any atom is 0.248 e. The molecule has 3 N–H and O–H groups in total. The van der Waals surface area contributed by atoms with Gasteiger partial charge < -0.3 is 20.5 Å². The molecule has 128 valence electrons. The SMILES string of the molecule is COc1cccc(COC(C)C(=O)NCC(N)c2ccccc2)c1. The van der Waals surface area contributed by atoms with E-state index in [4.69, 9.17) is 15.2 Å². The monoisotopic (exact) mass is 328 g/mol. The second-order valence-corrected chi connectivity index (χ2v) is 5.57. The van der Waals surface area contributed by atoms with Crippen molar-refractivity contribution in [3.05, 3.63) is 65.7 Å². The first-order valence-corrected chi connectivity index (χ1v) is 7.93. The fourth-order valence-corrected chi connectivity index (χ4v) is 2.23. The van der Waals surface area contributed by atoms with Gasteiger partial charge >= 0.3 is 0 Å². The summed E-state index contributed by atoms with van der Waals surface area (Å²) in [6.45, 7) is 2.44. The first kappa shape index (κ1) is 18.0. The van der Waals surface area contributed by atoms with Gasteiger partial charge in [0.25, 0.3) is 0 Å². The molecule has 1 amide bonds. The van der Waals surface area contributed by atoms with Crippen molar-refractivity contribution >= 4 is 5.91 Å². The first-order chi connectivity index (χ1) is 11.6. The van der Waals surface area contributed by atoms with Gasteiger partial charge in [0.05, 0.1) is 13.7 Å². The molecule has 5 nitrogen and oxygen atoms in total. The Morgan fingerprint density at radius 2 is 1.92 bits per heavy atom. The fraction of sp³-hybridized carbons (Fsp3) is 0.316. The minimum absolute atomic E-state index is 0.177. The Morgan fingerprint density at radius 3 is 2.62 bits per heavy atom. The van der Waals surface area contributed by atoms with E-state index >= 15 is 0 Å². The average Bonchev–Trinajstić information content (AvgIpc) is 2.64. The summed E-state index contributed by atoms with van der Waals surface area (Å²) in [5.41, 5.74) is 8.01. The number of amides is 1. The Morgan fingerprint density at radius 1 is 1.17 bits per heavy atom. The summed E-state index contributed by atoms with van der Waals surface area (Å²) in [6.07, 6.45) is -0.556. The lowest BCUT2D eigenvalue weighted by molar-refractivity contribution is -0.132. The van der Waals surface area contributed by atoms with Crippen molar-refractivity contribution < 1.29 is 14.3 Å². The Kier molecular flexibility index (Phi) is 6.78. The van der Waals surface area contributed by atoms with Gasteiger partial charge in [0.2, 0.25) is 5.91 Å². The molecular weight excluding hydrogens is 304 g/mol. The van der Waals surface area contributed by atoms with Crippen LogP contribution in [0.3, 0.4) is 0 Å². The number of nitrogens with one attached hydrogen (secondary N) is 1. The molecule has 2 rings (SSSR count). The molecule has 2 aromatic rings. The van der Waals surface area contributed by atoms with E-state index in [2.05, 4.69) is 5.32 Å². The first-order valence-electron chi connectivity index (χ1n) is 7.93. The summed E-state index contributed by atoms with van der Waals surface area (Å²) in [4.78, 5) is 12.1. The molecule has 0 fully saturated rings. The van der Waals surface area contributed by atoms with Crippen molar-refractivity contribution in [1.29, 1.82) is 0 Å². The van der Waals surface area contributed by atoms with Crippen LogP contribution in [0, 0.1) is 0 Å². The van der Waals surface area contributed by atoms with Crippen molar-refractivity contribution in [3.63, 3.8) is 0 Å². The molecule has 0 radical (unpaired) electrons. The summed E-state index contributed by atoms with van der Waals surface area (Å²) in [5, 5.41) is 2.83. The Hall–Kier alpha value is -2.37. The zero-order chi connectivity index (χ0) is 17.4. The van der Waals surface area contributed by atoms with Crippen molar-refractivity contribution in [2.45, 2.75) is 25.7 Å². The van der Waals surface area contributed by atoms with E-state index in [1.54, 1.807) is 14.0 Å². The molecule has 0 heterocycles. The fourth-order valence-electron chi connectivity index (χ4n) is 2.23. The molecule has 0 spiro atoms. The molecule has 2 unspecified atom stereocenters. The highest BCUT2D eigenvalue weighted by Crippen LogP contribution is 2.14. The molecule has 0 saturated carbocycles. The van der Waals surface area contributed by atoms with Gasteiger partial charge in [-0.1, -0.05) is 42.5 Å². The third kappa shape index (κ3) is 5.37. The number of methoxy groups -OCH3 is 1. The maximum absolute atomic E-state index is 12.1. The van der Waals surface area contributed by atoms with Gasteiger partial charge in [-0.3, -0.25) is 4.79 Å². The van der Waals surface area contributed by atoms with Crippen LogP contribution < -0.4 is 15.8 Å². The lowest BCUT2D eigenvalue weighted by Gasteiger charge is -2.17. The Balaban J connectivity index is 1.77. The van der Waals surface area contributed by atoms with E-state index < -0.39 is 6.10 Å². The van der Waals surface area contributed by atoms with Crippen LogP contribution in [0.5, 0.6) is 5.75 Å². The zero-order valence-electron chi connectivity index (χ0n) is 14.1. The quantitative estimate of drug-likeness (QED) is 0.780. The number of ether oxygens (including phenoxy) is 2. The standard InChI is InChI=1S/C19H24N2O3/c1-14(24-13-15-7-6-10-17(11-15)23-2)19(22)21-12-18(20)16-8-4-3-5-9-16/h3-11,14,18H,12-13,20H2,1-2H3,(H,21,22). The second-order valence-electron chi connectivity index (χ2n) is 5.57. The van der Waals surface area contributed by atoms with Gasteiger partial charge in [-0.25, -0.2) is 0 Å². The zero-order valence-corrected chi connectivity index (χ0v) is 14.1. The summed E-state index contributed by atoms with van der Waals surface area (Å²) >= 11 is 0. The Bertz CT molecular complexity index is 646. The molecule has 2 atom stereocenters. The van der Waals surface area contributed by atoms with Gasteiger partial charge in [-0.15, -0.1) is 0 Å². The van der Waals surface area contributed by atoms with Crippen LogP contribution in [0.2, 0.25) is 0 Å². The van der Waals surface area contributed by atoms with Crippen molar-refractivity contribution in [3.8, 4) is 5.75 Å². The summed E-state index contributed by atoms with van der Waals surface area (Å²) in [7, 11) is 1.62. The van der Waals surface area contributed by atoms with Crippen LogP contribution in [0.1, 0.15) is 24.1 Å². The predicted octanol–water partition coefficient (Wildman–Crippen LogP) is 2.42. The van der Waals surface area contributed by atoms with Crippen LogP contribution >= 0.6 is 0 Å². The highest BCUT2D eigenvalue weighted by molar-refractivity contribution is 5.80. The molecule has 24 heavy (non-hydrogen) atoms. The molecule has 0 bridgehead atoms. The van der Waals surface area contributed by atoms with E-state index in [0.717, 1.165) is 16.9 Å². The van der Waals surface area contributed by atoms with Crippen LogP contribution in [0.4, 0.5) is 0 Å². The smallest absolute Gasteiger partial charge is 0.248 e. The normalized spacial score (nSPS) is 13.1. The van der Waals surface area contributed by atoms with Gasteiger partial charge in [0, 0.05) is 12.6 Å².